The van der Waals surface area contributed by atoms with Crippen molar-refractivity contribution in [2.75, 3.05) is 0 Å². The summed E-state index contributed by atoms with van der Waals surface area (Å²) in [6.45, 7) is 6.47. The highest BCUT2D eigenvalue weighted by Crippen LogP contribution is 2.29. The van der Waals surface area contributed by atoms with E-state index in [1.54, 1.807) is 18.4 Å². The highest BCUT2D eigenvalue weighted by Gasteiger charge is 2.14. The Labute approximate surface area is 143 Å². The van der Waals surface area contributed by atoms with Gasteiger partial charge in [-0.25, -0.2) is 4.98 Å². The second kappa shape index (κ2) is 8.64. The molecule has 0 fully saturated rings. The number of oxazole rings is 1. The Morgan fingerprint density at radius 3 is 2.88 bits per heavy atom. The summed E-state index contributed by atoms with van der Waals surface area (Å²) in [4.78, 5) is 15.9. The molecule has 1 aromatic heterocycles. The number of hydrogen-bond donors (Lipinski definition) is 2. The number of nitrogens with one attached hydrogen (secondary N) is 1. The molecule has 0 amide bonds. The van der Waals surface area contributed by atoms with Crippen molar-refractivity contribution in [3.63, 3.8) is 0 Å². The topological polar surface area (TPSA) is 75.4 Å². The summed E-state index contributed by atoms with van der Waals surface area (Å²) < 4.78 is 5.47. The zero-order valence-corrected chi connectivity index (χ0v) is 14.6. The number of aromatic nitrogens is 1. The molecule has 1 atom stereocenters. The van der Waals surface area contributed by atoms with Crippen LogP contribution in [0.5, 0.6) is 5.75 Å². The predicted octanol–water partition coefficient (Wildman–Crippen LogP) is 4.31. The molecule has 0 bridgehead atoms. The first kappa shape index (κ1) is 18.2. The quantitative estimate of drug-likeness (QED) is 0.529. The van der Waals surface area contributed by atoms with Crippen molar-refractivity contribution in [2.45, 2.75) is 59.0 Å². The molecule has 130 valence electrons. The number of unbranched alkanes of at least 4 members (excludes halogenated alkanes) is 2. The molecule has 0 aliphatic rings. The van der Waals surface area contributed by atoms with Gasteiger partial charge >= 0.3 is 0 Å². The number of rotatable bonds is 9. The maximum Gasteiger partial charge on any atom is 0.229 e. The van der Waals surface area contributed by atoms with E-state index in [-0.39, 0.29) is 11.5 Å². The highest BCUT2D eigenvalue weighted by atomic mass is 16.3. The zero-order chi connectivity index (χ0) is 17.5. The first-order valence-electron chi connectivity index (χ1n) is 8.53. The summed E-state index contributed by atoms with van der Waals surface area (Å²) in [7, 11) is 0. The Morgan fingerprint density at radius 2 is 2.17 bits per heavy atom. The van der Waals surface area contributed by atoms with Gasteiger partial charge in [0.05, 0.1) is 11.3 Å². The lowest BCUT2D eigenvalue weighted by atomic mass is 10.1. The number of nitrogens with zero attached hydrogens (tertiary/aromatic N) is 1. The number of carbonyl (C=O) groups is 1. The molecular weight excluding hydrogens is 304 g/mol. The lowest BCUT2D eigenvalue weighted by molar-refractivity contribution is 0.101. The maximum atomic E-state index is 11.5. The third-order valence-corrected chi connectivity index (χ3v) is 4.06. The number of Topliss-reactive ketones (excluding diaryl/α,β-unsaturated/α-hetero) is 1. The number of ketones is 1. The molecule has 2 N–H and O–H groups in total. The van der Waals surface area contributed by atoms with E-state index in [1.807, 2.05) is 0 Å². The minimum Gasteiger partial charge on any atom is -0.507 e. The van der Waals surface area contributed by atoms with Gasteiger partial charge in [0.1, 0.15) is 12.0 Å². The molecular formula is C19H26N2O3. The molecule has 2 rings (SSSR count). The van der Waals surface area contributed by atoms with E-state index in [2.05, 4.69) is 24.1 Å². The van der Waals surface area contributed by atoms with E-state index in [9.17, 15) is 9.90 Å². The van der Waals surface area contributed by atoms with Crippen LogP contribution in [0.4, 0.5) is 0 Å². The van der Waals surface area contributed by atoms with Crippen LogP contribution in [-0.4, -0.2) is 21.9 Å². The first-order chi connectivity index (χ1) is 11.5. The molecule has 0 saturated carbocycles. The molecule has 0 spiro atoms. The van der Waals surface area contributed by atoms with Crippen LogP contribution in [0.3, 0.4) is 0 Å². The predicted molar refractivity (Wildman–Crippen MR) is 94.1 cm³/mol. The first-order valence-corrected chi connectivity index (χ1v) is 8.53. The average Bonchev–Trinajstić information content (AvgIpc) is 3.02. The molecule has 2 aromatic rings. The Hall–Kier alpha value is -2.14. The Balaban J connectivity index is 2.00. The summed E-state index contributed by atoms with van der Waals surface area (Å²) in [5.74, 6) is 0.311. The van der Waals surface area contributed by atoms with E-state index >= 15 is 0 Å². The fraction of sp³-hybridized carbons (Fsp3) is 0.474. The molecule has 5 nitrogen and oxygen atoms in total. The van der Waals surface area contributed by atoms with Crippen molar-refractivity contribution in [2.24, 2.45) is 0 Å². The summed E-state index contributed by atoms with van der Waals surface area (Å²) in [6, 6.07) is 5.11. The van der Waals surface area contributed by atoms with Crippen molar-refractivity contribution in [1.29, 1.82) is 0 Å². The van der Waals surface area contributed by atoms with Crippen molar-refractivity contribution >= 4 is 5.78 Å². The Kier molecular flexibility index (Phi) is 6.55. The van der Waals surface area contributed by atoms with Gasteiger partial charge in [-0.05, 0) is 38.5 Å². The van der Waals surface area contributed by atoms with E-state index in [4.69, 9.17) is 4.42 Å². The summed E-state index contributed by atoms with van der Waals surface area (Å²) >= 11 is 0. The molecule has 5 heteroatoms. The van der Waals surface area contributed by atoms with Crippen LogP contribution in [0.15, 0.2) is 28.9 Å². The molecule has 1 unspecified atom stereocenters. The van der Waals surface area contributed by atoms with Gasteiger partial charge in [-0.3, -0.25) is 4.79 Å². The standard InChI is InChI=1S/C19H26N2O3/c1-4-5-6-7-13(2)20-11-16-12-24-19(21-16)17-10-15(14(3)22)8-9-18(17)23/h8-10,12-13,20,23H,4-7,11H2,1-3H3. The van der Waals surface area contributed by atoms with E-state index in [0.29, 0.717) is 29.6 Å². The number of benzene rings is 1. The minimum absolute atomic E-state index is 0.0503. The summed E-state index contributed by atoms with van der Waals surface area (Å²) in [6.07, 6.45) is 6.43. The number of aromatic hydroxyl groups is 1. The third-order valence-electron chi connectivity index (χ3n) is 4.06. The van der Waals surface area contributed by atoms with E-state index < -0.39 is 0 Å². The smallest absolute Gasteiger partial charge is 0.229 e. The van der Waals surface area contributed by atoms with Gasteiger partial charge in [-0.15, -0.1) is 0 Å². The molecule has 0 aliphatic heterocycles. The van der Waals surface area contributed by atoms with E-state index in [1.165, 1.54) is 32.3 Å². The fourth-order valence-corrected chi connectivity index (χ4v) is 2.52. The molecule has 1 aromatic carbocycles. The molecule has 0 saturated heterocycles. The summed E-state index contributed by atoms with van der Waals surface area (Å²) in [5.41, 5.74) is 1.73. The number of carbonyl (C=O) groups excluding carboxylic acids is 1. The fourth-order valence-electron chi connectivity index (χ4n) is 2.52. The van der Waals surface area contributed by atoms with Gasteiger partial charge in [0.2, 0.25) is 5.89 Å². The van der Waals surface area contributed by atoms with Crippen LogP contribution >= 0.6 is 0 Å². The number of phenolic OH excluding ortho intramolecular Hbond substituents is 1. The maximum absolute atomic E-state index is 11.5. The van der Waals surface area contributed by atoms with Crippen molar-refractivity contribution in [1.82, 2.24) is 10.3 Å². The van der Waals surface area contributed by atoms with Crippen LogP contribution in [0.25, 0.3) is 11.5 Å². The monoisotopic (exact) mass is 330 g/mol. The van der Waals surface area contributed by atoms with Crippen molar-refractivity contribution < 1.29 is 14.3 Å². The van der Waals surface area contributed by atoms with E-state index in [0.717, 1.165) is 12.1 Å². The van der Waals surface area contributed by atoms with Gasteiger partial charge < -0.3 is 14.8 Å². The second-order valence-electron chi connectivity index (χ2n) is 6.21. The third kappa shape index (κ3) is 4.93. The SMILES string of the molecule is CCCCCC(C)NCc1coc(-c2cc(C(C)=O)ccc2O)n1. The van der Waals surface area contributed by atoms with Crippen LogP contribution in [0.2, 0.25) is 0 Å². The van der Waals surface area contributed by atoms with Gasteiger partial charge in [-0.1, -0.05) is 26.2 Å². The molecule has 1 heterocycles. The van der Waals surface area contributed by atoms with Gasteiger partial charge in [0.15, 0.2) is 5.78 Å². The van der Waals surface area contributed by atoms with Crippen LogP contribution < -0.4 is 5.32 Å². The van der Waals surface area contributed by atoms with Crippen LogP contribution in [0.1, 0.15) is 62.5 Å². The van der Waals surface area contributed by atoms with Gasteiger partial charge in [-0.2, -0.15) is 0 Å². The van der Waals surface area contributed by atoms with Crippen LogP contribution in [0, 0.1) is 0 Å². The largest absolute Gasteiger partial charge is 0.507 e. The van der Waals surface area contributed by atoms with Gasteiger partial charge in [0.25, 0.3) is 0 Å². The zero-order valence-electron chi connectivity index (χ0n) is 14.6. The lowest BCUT2D eigenvalue weighted by Crippen LogP contribution is -2.25. The summed E-state index contributed by atoms with van der Waals surface area (Å²) in [5, 5.41) is 13.4. The number of hydrogen-bond acceptors (Lipinski definition) is 5. The molecule has 24 heavy (non-hydrogen) atoms. The Morgan fingerprint density at radius 1 is 1.38 bits per heavy atom. The van der Waals surface area contributed by atoms with Crippen molar-refractivity contribution in [3.8, 4) is 17.2 Å². The normalized spacial score (nSPS) is 12.3. The Bertz CT molecular complexity index is 679. The molecule has 0 radical (unpaired) electrons. The molecule has 0 aliphatic carbocycles. The lowest BCUT2D eigenvalue weighted by Gasteiger charge is -2.11. The second-order valence-corrected chi connectivity index (χ2v) is 6.21. The number of phenols is 1. The minimum atomic E-state index is -0.0643. The van der Waals surface area contributed by atoms with Crippen LogP contribution in [-0.2, 0) is 6.54 Å². The van der Waals surface area contributed by atoms with Gasteiger partial charge in [0, 0.05) is 18.2 Å². The highest BCUT2D eigenvalue weighted by molar-refractivity contribution is 5.95. The van der Waals surface area contributed by atoms with Crippen molar-refractivity contribution in [3.05, 3.63) is 35.7 Å². The average molecular weight is 330 g/mol.